The lowest BCUT2D eigenvalue weighted by Gasteiger charge is -2.53. The fourth-order valence-electron chi connectivity index (χ4n) is 4.14. The van der Waals surface area contributed by atoms with Crippen LogP contribution in [0.5, 0.6) is 0 Å². The highest BCUT2D eigenvalue weighted by Gasteiger charge is 2.73. The van der Waals surface area contributed by atoms with Gasteiger partial charge < -0.3 is 14.9 Å². The van der Waals surface area contributed by atoms with Gasteiger partial charge in [0.05, 0.1) is 5.82 Å². The molecule has 1 heterocycles. The molecular weight excluding hydrogens is 586 g/mol. The number of aryl methyl sites for hydroxylation is 1. The Labute approximate surface area is 240 Å². The SMILES string of the molecule is CCCCCCCCCCCc1ncc[n]1[Al-]([O]C(C)(C)C)([O]C(C)(C)C(F)(F)F)[O]C(C)(C(F)(F)F)C(F)(F)F. The maximum Gasteiger partial charge on any atom is 0.833 e. The molecule has 0 aliphatic carbocycles. The highest BCUT2D eigenvalue weighted by Crippen LogP contribution is 2.49. The zero-order valence-corrected chi connectivity index (χ0v) is 26.0. The van der Waals surface area contributed by atoms with Gasteiger partial charge in [-0.15, -0.1) is 0 Å². The van der Waals surface area contributed by atoms with E-state index in [0.717, 1.165) is 57.3 Å². The van der Waals surface area contributed by atoms with E-state index in [4.69, 9.17) is 11.4 Å². The highest BCUT2D eigenvalue weighted by atomic mass is 27.3. The van der Waals surface area contributed by atoms with Gasteiger partial charge in [0.2, 0.25) is 5.60 Å². The zero-order valence-electron chi connectivity index (χ0n) is 24.8. The molecule has 0 spiro atoms. The van der Waals surface area contributed by atoms with Gasteiger partial charge >= 0.3 is 32.8 Å². The number of hydrogen-bond acceptors (Lipinski definition) is 4. The van der Waals surface area contributed by atoms with E-state index in [9.17, 15) is 39.5 Å². The van der Waals surface area contributed by atoms with Crippen molar-refractivity contribution in [2.24, 2.45) is 0 Å². The van der Waals surface area contributed by atoms with E-state index in [1.807, 2.05) is 0 Å². The van der Waals surface area contributed by atoms with Crippen LogP contribution < -0.4 is 0 Å². The van der Waals surface area contributed by atoms with Crippen molar-refractivity contribution in [1.29, 1.82) is 0 Å². The summed E-state index contributed by atoms with van der Waals surface area (Å²) in [5, 5.41) is 0. The van der Waals surface area contributed by atoms with Crippen LogP contribution >= 0.6 is 0 Å². The minimum Gasteiger partial charge on any atom is -0.588 e. The Hall–Kier alpha value is -1.01. The average Bonchev–Trinajstić information content (AvgIpc) is 3.23. The molecule has 0 aliphatic heterocycles. The predicted octanol–water partition coefficient (Wildman–Crippen LogP) is 9.31. The molecule has 0 fully saturated rings. The second-order valence-corrected chi connectivity index (χ2v) is 14.4. The van der Waals surface area contributed by atoms with Crippen LogP contribution in [0.1, 0.15) is 112 Å². The Kier molecular flexibility index (Phi) is 13.2. The van der Waals surface area contributed by atoms with Crippen LogP contribution in [0.2, 0.25) is 0 Å². The van der Waals surface area contributed by atoms with Gasteiger partial charge in [0.15, 0.2) is 0 Å². The van der Waals surface area contributed by atoms with Crippen molar-refractivity contribution in [3.8, 4) is 0 Å². The summed E-state index contributed by atoms with van der Waals surface area (Å²) in [6, 6.07) is 0. The van der Waals surface area contributed by atoms with Gasteiger partial charge in [0, 0.05) is 18.2 Å². The van der Waals surface area contributed by atoms with Gasteiger partial charge in [-0.25, -0.2) is 4.98 Å². The molecule has 0 aliphatic rings. The molecular formula is C26H43AlF9N2O3-. The molecule has 0 aromatic carbocycles. The monoisotopic (exact) mass is 629 g/mol. The molecule has 1 aromatic rings. The van der Waals surface area contributed by atoms with Crippen LogP contribution in [-0.4, -0.2) is 58.2 Å². The number of alkyl halides is 9. The predicted molar refractivity (Wildman–Crippen MR) is 138 cm³/mol. The fraction of sp³-hybridized carbons (Fsp3) is 0.885. The first-order valence-electron chi connectivity index (χ1n) is 13.9. The first kappa shape index (κ1) is 38.0. The Bertz CT molecular complexity index is 911. The highest BCUT2D eigenvalue weighted by molar-refractivity contribution is 6.59. The van der Waals surface area contributed by atoms with Crippen molar-refractivity contribution in [3.63, 3.8) is 0 Å². The van der Waals surface area contributed by atoms with Crippen LogP contribution in [0.4, 0.5) is 39.5 Å². The molecule has 15 heteroatoms. The molecule has 0 amide bonds. The van der Waals surface area contributed by atoms with Gasteiger partial charge in [-0.3, -0.25) is 0 Å². The maximum absolute atomic E-state index is 14.0. The van der Waals surface area contributed by atoms with E-state index in [-0.39, 0.29) is 19.2 Å². The van der Waals surface area contributed by atoms with Crippen LogP contribution in [-0.2, 0) is 17.8 Å². The van der Waals surface area contributed by atoms with Crippen molar-refractivity contribution in [1.82, 2.24) is 8.53 Å². The first-order valence-corrected chi connectivity index (χ1v) is 15.8. The second-order valence-electron chi connectivity index (χ2n) is 11.9. The number of nitrogens with zero attached hydrogens (tertiary/aromatic N) is 2. The molecule has 1 atom stereocenters. The normalized spacial score (nSPS) is 15.8. The number of unbranched alkanes of at least 4 members (excludes halogenated alkanes) is 8. The number of imidazole rings is 1. The quantitative estimate of drug-likeness (QED) is 0.104. The third kappa shape index (κ3) is 10.6. The summed E-state index contributed by atoms with van der Waals surface area (Å²) in [5.41, 5.74) is -9.75. The smallest absolute Gasteiger partial charge is 0.588 e. The minimum atomic E-state index is -6.22. The topological polar surface area (TPSA) is 45.5 Å². The van der Waals surface area contributed by atoms with Gasteiger partial charge in [-0.1, -0.05) is 58.3 Å². The largest absolute Gasteiger partial charge is 0.833 e. The summed E-state index contributed by atoms with van der Waals surface area (Å²) >= 11 is -6.22. The third-order valence-corrected chi connectivity index (χ3v) is 10.5. The van der Waals surface area contributed by atoms with Crippen molar-refractivity contribution >= 4 is 14.3 Å². The second kappa shape index (κ2) is 14.2. The molecule has 0 N–H and O–H groups in total. The summed E-state index contributed by atoms with van der Waals surface area (Å²) in [4.78, 5) is 4.05. The Morgan fingerprint density at radius 1 is 0.659 bits per heavy atom. The molecule has 0 bridgehead atoms. The molecule has 1 unspecified atom stereocenters. The van der Waals surface area contributed by atoms with E-state index >= 15 is 0 Å². The Morgan fingerprint density at radius 2 is 1.12 bits per heavy atom. The van der Waals surface area contributed by atoms with Crippen LogP contribution in [0.15, 0.2) is 12.4 Å². The number of aromatic nitrogens is 2. The van der Waals surface area contributed by atoms with Crippen molar-refractivity contribution < 1.29 is 50.9 Å². The molecule has 242 valence electrons. The summed E-state index contributed by atoms with van der Waals surface area (Å²) < 4.78 is 142. The zero-order chi connectivity index (χ0) is 32.0. The summed E-state index contributed by atoms with van der Waals surface area (Å²) in [7, 11) is 0. The van der Waals surface area contributed by atoms with Crippen LogP contribution in [0, 0.1) is 0 Å². The fourth-order valence-corrected chi connectivity index (χ4v) is 8.11. The Balaban J connectivity index is 3.55. The van der Waals surface area contributed by atoms with Crippen LogP contribution in [0.3, 0.4) is 0 Å². The Morgan fingerprint density at radius 3 is 1.54 bits per heavy atom. The summed E-state index contributed by atoms with van der Waals surface area (Å²) in [5.74, 6) is -0.0909. The molecule has 0 saturated carbocycles. The van der Waals surface area contributed by atoms with Crippen LogP contribution in [0.25, 0.3) is 0 Å². The number of halogens is 9. The van der Waals surface area contributed by atoms with Gasteiger partial charge in [-0.2, -0.15) is 39.5 Å². The maximum atomic E-state index is 14.0. The van der Waals surface area contributed by atoms with Crippen molar-refractivity contribution in [2.75, 3.05) is 0 Å². The van der Waals surface area contributed by atoms with Gasteiger partial charge in [0.25, 0.3) is 0 Å². The van der Waals surface area contributed by atoms with E-state index in [2.05, 4.69) is 11.9 Å². The van der Waals surface area contributed by atoms with E-state index in [1.165, 1.54) is 20.8 Å². The number of rotatable bonds is 16. The lowest BCUT2D eigenvalue weighted by atomic mass is 10.1. The van der Waals surface area contributed by atoms with Gasteiger partial charge in [0.1, 0.15) is 5.60 Å². The standard InChI is InChI=1S/C14H25N2.C4H3F6O.C4H6F3O.C4H9O.Al/c1-2-3-4-5-6-7-8-9-10-11-14-15-12-13-16-14;1-2(11,3(5,6)7)4(8,9)10;1-3(2,8)4(5,6)7;1-4(2,3)5;/h12-13H,2-11H2,1H3;1H3;1-2H3;1-3H3;/q4*-1;+3. The van der Waals surface area contributed by atoms with Crippen molar-refractivity contribution in [3.05, 3.63) is 18.2 Å². The molecule has 1 aromatic heterocycles. The summed E-state index contributed by atoms with van der Waals surface area (Å²) in [6.45, 7) is 6.62. The minimum absolute atomic E-state index is 0.0476. The van der Waals surface area contributed by atoms with Gasteiger partial charge in [-0.05, 0) is 54.2 Å². The molecule has 0 saturated heterocycles. The molecule has 41 heavy (non-hydrogen) atoms. The lowest BCUT2D eigenvalue weighted by Crippen LogP contribution is -2.70. The third-order valence-electron chi connectivity index (χ3n) is 6.69. The molecule has 5 nitrogen and oxygen atoms in total. The van der Waals surface area contributed by atoms with E-state index < -0.39 is 49.6 Å². The van der Waals surface area contributed by atoms with Crippen molar-refractivity contribution in [2.45, 2.75) is 148 Å². The average molecular weight is 630 g/mol. The van der Waals surface area contributed by atoms with E-state index in [1.54, 1.807) is 0 Å². The van der Waals surface area contributed by atoms with E-state index in [0.29, 0.717) is 30.2 Å². The lowest BCUT2D eigenvalue weighted by molar-refractivity contribution is -0.365. The summed E-state index contributed by atoms with van der Waals surface area (Å²) in [6.07, 6.45) is -6.84. The number of hydrogen-bond donors (Lipinski definition) is 0. The molecule has 1 rings (SSSR count). The first-order chi connectivity index (χ1) is 18.4. The molecule has 0 radical (unpaired) electrons.